The highest BCUT2D eigenvalue weighted by Gasteiger charge is 2.46. The lowest BCUT2D eigenvalue weighted by molar-refractivity contribution is -0.139. The van der Waals surface area contributed by atoms with Gasteiger partial charge < -0.3 is 19.6 Å². The summed E-state index contributed by atoms with van der Waals surface area (Å²) in [5.74, 6) is -0.211. The highest BCUT2D eigenvalue weighted by Crippen LogP contribution is 2.41. The Bertz CT molecular complexity index is 995. The highest BCUT2D eigenvalue weighted by molar-refractivity contribution is 7.10. The number of Topliss-reactive ketones (excluding diaryl/α,β-unsaturated/α-hetero) is 1. The standard InChI is InChI=1S/C25H32N2O4S/c1-16(2)15-31-18-9-10-19(17(3)14-18)23(28)21-22(20-8-6-13-32-20)27(25(30)24(21)29)12-7-11-26(4)5/h6,8-10,13-14,16,22,28H,7,11-12,15H2,1-5H3/b23-21+/t22-/m0/s1. The van der Waals surface area contributed by atoms with Crippen molar-refractivity contribution in [2.45, 2.75) is 33.2 Å². The van der Waals surface area contributed by atoms with Crippen molar-refractivity contribution in [2.75, 3.05) is 33.8 Å². The van der Waals surface area contributed by atoms with Gasteiger partial charge >= 0.3 is 0 Å². The van der Waals surface area contributed by atoms with Crippen LogP contribution in [-0.4, -0.2) is 60.4 Å². The van der Waals surface area contributed by atoms with Gasteiger partial charge in [-0.2, -0.15) is 0 Å². The highest BCUT2D eigenvalue weighted by atomic mass is 32.1. The molecule has 1 aromatic carbocycles. The monoisotopic (exact) mass is 456 g/mol. The number of thiophene rings is 1. The minimum Gasteiger partial charge on any atom is -0.507 e. The van der Waals surface area contributed by atoms with Gasteiger partial charge in [0, 0.05) is 17.0 Å². The van der Waals surface area contributed by atoms with Gasteiger partial charge in [0.1, 0.15) is 11.5 Å². The van der Waals surface area contributed by atoms with Crippen LogP contribution in [0.1, 0.15) is 42.3 Å². The molecule has 1 amide bonds. The summed E-state index contributed by atoms with van der Waals surface area (Å²) in [6.45, 7) is 7.87. The van der Waals surface area contributed by atoms with Gasteiger partial charge in [-0.3, -0.25) is 9.59 Å². The number of likely N-dealkylation sites (tertiary alicyclic amines) is 1. The number of aliphatic hydroxyl groups is 1. The molecule has 0 radical (unpaired) electrons. The molecule has 1 aliphatic heterocycles. The van der Waals surface area contributed by atoms with Gasteiger partial charge in [-0.15, -0.1) is 11.3 Å². The second-order valence-electron chi connectivity index (χ2n) is 8.85. The van der Waals surface area contributed by atoms with E-state index in [1.54, 1.807) is 17.0 Å². The molecule has 1 saturated heterocycles. The summed E-state index contributed by atoms with van der Waals surface area (Å²) in [5.41, 5.74) is 1.48. The Kier molecular flexibility index (Phi) is 7.74. The lowest BCUT2D eigenvalue weighted by Gasteiger charge is -2.24. The zero-order valence-corrected chi connectivity index (χ0v) is 20.2. The summed E-state index contributed by atoms with van der Waals surface area (Å²) in [4.78, 5) is 30.5. The molecule has 1 N–H and O–H groups in total. The van der Waals surface area contributed by atoms with E-state index in [1.807, 2.05) is 49.5 Å². The SMILES string of the molecule is Cc1cc(OCC(C)C)ccc1/C(O)=C1\C(=O)C(=O)N(CCCN(C)C)[C@H]1c1cccs1. The predicted molar refractivity (Wildman–Crippen MR) is 128 cm³/mol. The molecule has 0 unspecified atom stereocenters. The van der Waals surface area contributed by atoms with E-state index in [1.165, 1.54) is 11.3 Å². The maximum Gasteiger partial charge on any atom is 0.295 e. The number of ketones is 1. The molecule has 1 aromatic heterocycles. The fourth-order valence-corrected chi connectivity index (χ4v) is 4.66. The summed E-state index contributed by atoms with van der Waals surface area (Å²) in [6, 6.07) is 8.62. The van der Waals surface area contributed by atoms with Crippen LogP contribution in [0.15, 0.2) is 41.3 Å². The normalized spacial score (nSPS) is 18.2. The van der Waals surface area contributed by atoms with E-state index in [0.717, 1.165) is 23.4 Å². The van der Waals surface area contributed by atoms with Crippen LogP contribution in [0.2, 0.25) is 0 Å². The van der Waals surface area contributed by atoms with E-state index < -0.39 is 17.7 Å². The van der Waals surface area contributed by atoms with Gasteiger partial charge in [0.15, 0.2) is 0 Å². The number of carbonyl (C=O) groups is 2. The number of amides is 1. The molecule has 1 atom stereocenters. The minimum atomic E-state index is -0.634. The third-order valence-electron chi connectivity index (χ3n) is 5.39. The lowest BCUT2D eigenvalue weighted by Crippen LogP contribution is -2.32. The second kappa shape index (κ2) is 10.3. The average Bonchev–Trinajstić information content (AvgIpc) is 3.34. The molecular weight excluding hydrogens is 424 g/mol. The zero-order valence-electron chi connectivity index (χ0n) is 19.4. The fourth-order valence-electron chi connectivity index (χ4n) is 3.81. The molecule has 0 spiro atoms. The smallest absolute Gasteiger partial charge is 0.295 e. The Labute approximate surface area is 194 Å². The number of benzene rings is 1. The number of aliphatic hydroxyl groups excluding tert-OH is 1. The molecule has 1 aliphatic rings. The van der Waals surface area contributed by atoms with Crippen molar-refractivity contribution in [3.8, 4) is 5.75 Å². The van der Waals surface area contributed by atoms with Crippen molar-refractivity contribution in [1.82, 2.24) is 9.80 Å². The molecule has 3 rings (SSSR count). The van der Waals surface area contributed by atoms with Gasteiger partial charge in [-0.05, 0) is 75.1 Å². The molecule has 32 heavy (non-hydrogen) atoms. The van der Waals surface area contributed by atoms with Crippen LogP contribution in [-0.2, 0) is 9.59 Å². The van der Waals surface area contributed by atoms with Gasteiger partial charge in [0.25, 0.3) is 11.7 Å². The quantitative estimate of drug-likeness (QED) is 0.343. The summed E-state index contributed by atoms with van der Waals surface area (Å²) in [6.07, 6.45) is 0.739. The molecule has 2 heterocycles. The van der Waals surface area contributed by atoms with E-state index in [4.69, 9.17) is 4.74 Å². The van der Waals surface area contributed by atoms with Gasteiger partial charge in [0.05, 0.1) is 18.2 Å². The van der Waals surface area contributed by atoms with E-state index in [2.05, 4.69) is 13.8 Å². The third kappa shape index (κ3) is 5.22. The fraction of sp³-hybridized carbons (Fsp3) is 0.440. The Morgan fingerprint density at radius 3 is 2.59 bits per heavy atom. The molecule has 172 valence electrons. The predicted octanol–water partition coefficient (Wildman–Crippen LogP) is 4.46. The van der Waals surface area contributed by atoms with Crippen LogP contribution in [0.4, 0.5) is 0 Å². The molecule has 2 aromatic rings. The number of hydrogen-bond acceptors (Lipinski definition) is 6. The number of nitrogens with zero attached hydrogens (tertiary/aromatic N) is 2. The van der Waals surface area contributed by atoms with Crippen LogP contribution in [0.3, 0.4) is 0 Å². The molecule has 1 fully saturated rings. The largest absolute Gasteiger partial charge is 0.507 e. The number of hydrogen-bond donors (Lipinski definition) is 1. The molecule has 0 aliphatic carbocycles. The Morgan fingerprint density at radius 2 is 2.00 bits per heavy atom. The molecule has 7 heteroatoms. The van der Waals surface area contributed by atoms with Crippen molar-refractivity contribution < 1.29 is 19.4 Å². The number of ether oxygens (including phenoxy) is 1. The molecular formula is C25H32N2O4S. The second-order valence-corrected chi connectivity index (χ2v) is 9.83. The topological polar surface area (TPSA) is 70.1 Å². The van der Waals surface area contributed by atoms with Crippen LogP contribution in [0.25, 0.3) is 5.76 Å². The lowest BCUT2D eigenvalue weighted by atomic mass is 9.97. The summed E-state index contributed by atoms with van der Waals surface area (Å²) >= 11 is 1.48. The number of aryl methyl sites for hydroxylation is 1. The van der Waals surface area contributed by atoms with E-state index in [-0.39, 0.29) is 11.3 Å². The van der Waals surface area contributed by atoms with Crippen molar-refractivity contribution >= 4 is 28.8 Å². The first kappa shape index (κ1) is 24.0. The van der Waals surface area contributed by atoms with Gasteiger partial charge in [-0.1, -0.05) is 19.9 Å². The minimum absolute atomic E-state index is 0.134. The Morgan fingerprint density at radius 1 is 1.25 bits per heavy atom. The van der Waals surface area contributed by atoms with E-state index >= 15 is 0 Å². The summed E-state index contributed by atoms with van der Waals surface area (Å²) in [7, 11) is 3.95. The van der Waals surface area contributed by atoms with E-state index in [9.17, 15) is 14.7 Å². The average molecular weight is 457 g/mol. The van der Waals surface area contributed by atoms with Crippen molar-refractivity contribution in [2.24, 2.45) is 5.92 Å². The van der Waals surface area contributed by atoms with Crippen molar-refractivity contribution in [3.63, 3.8) is 0 Å². The first-order valence-corrected chi connectivity index (χ1v) is 11.8. The van der Waals surface area contributed by atoms with Gasteiger partial charge in [-0.25, -0.2) is 0 Å². The molecule has 0 bridgehead atoms. The van der Waals surface area contributed by atoms with Crippen LogP contribution < -0.4 is 4.74 Å². The molecule has 0 saturated carbocycles. The number of rotatable bonds is 9. The maximum absolute atomic E-state index is 13.0. The summed E-state index contributed by atoms with van der Waals surface area (Å²) in [5, 5.41) is 13.2. The third-order valence-corrected chi connectivity index (χ3v) is 6.32. The first-order chi connectivity index (χ1) is 15.2. The molecule has 6 nitrogen and oxygen atoms in total. The van der Waals surface area contributed by atoms with E-state index in [0.29, 0.717) is 30.4 Å². The number of carbonyl (C=O) groups excluding carboxylic acids is 2. The van der Waals surface area contributed by atoms with Gasteiger partial charge in [0.2, 0.25) is 0 Å². The maximum atomic E-state index is 13.0. The summed E-state index contributed by atoms with van der Waals surface area (Å²) < 4.78 is 5.78. The Hall–Kier alpha value is -2.64. The first-order valence-electron chi connectivity index (χ1n) is 10.9. The van der Waals surface area contributed by atoms with Crippen molar-refractivity contribution in [3.05, 3.63) is 57.3 Å². The Balaban J connectivity index is 1.99. The van der Waals surface area contributed by atoms with Crippen LogP contribution in [0.5, 0.6) is 5.75 Å². The van der Waals surface area contributed by atoms with Crippen molar-refractivity contribution in [1.29, 1.82) is 0 Å². The zero-order chi connectivity index (χ0) is 23.4. The van der Waals surface area contributed by atoms with Crippen LogP contribution in [0, 0.1) is 12.8 Å². The van der Waals surface area contributed by atoms with Crippen LogP contribution >= 0.6 is 11.3 Å².